The molecule has 1 heterocycles. The van der Waals surface area contributed by atoms with Crippen LogP contribution in [0.25, 0.3) is 0 Å². The topological polar surface area (TPSA) is 60.5 Å². The van der Waals surface area contributed by atoms with Crippen LogP contribution in [0.1, 0.15) is 31.4 Å². The predicted molar refractivity (Wildman–Crippen MR) is 52.7 cm³/mol. The van der Waals surface area contributed by atoms with Gasteiger partial charge in [0.25, 0.3) is 0 Å². The van der Waals surface area contributed by atoms with E-state index in [1.807, 2.05) is 24.0 Å². The lowest BCUT2D eigenvalue weighted by Gasteiger charge is -2.27. The minimum absolute atomic E-state index is 0.275. The Bertz CT molecular complexity index is 417. The van der Waals surface area contributed by atoms with Gasteiger partial charge in [-0.25, -0.2) is 0 Å². The van der Waals surface area contributed by atoms with Crippen LogP contribution in [-0.2, 0) is 17.3 Å². The molecule has 2 rings (SSSR count). The number of aromatic amines is 1. The van der Waals surface area contributed by atoms with Crippen LogP contribution in [0.3, 0.4) is 0 Å². The molecule has 1 fully saturated rings. The van der Waals surface area contributed by atoms with Crippen LogP contribution in [-0.4, -0.2) is 10.9 Å². The van der Waals surface area contributed by atoms with Crippen molar-refractivity contribution in [2.45, 2.75) is 31.1 Å². The first-order valence-electron chi connectivity index (χ1n) is 5.14. The summed E-state index contributed by atoms with van der Waals surface area (Å²) in [7, 11) is 1.89. The van der Waals surface area contributed by atoms with Gasteiger partial charge < -0.3 is 0 Å². The molecule has 4 nitrogen and oxygen atoms in total. The predicted octanol–water partition coefficient (Wildman–Crippen LogP) is 0.744. The average molecular weight is 204 g/mol. The average Bonchev–Trinajstić information content (AvgIpc) is 2.67. The molecule has 1 aliphatic rings. The summed E-state index contributed by atoms with van der Waals surface area (Å²) in [4.78, 5) is 11.2. The van der Waals surface area contributed by atoms with Gasteiger partial charge in [-0.3, -0.25) is 4.79 Å². The highest BCUT2D eigenvalue weighted by molar-refractivity contribution is 5.79. The second kappa shape index (κ2) is 3.50. The van der Waals surface area contributed by atoms with E-state index in [0.717, 1.165) is 5.69 Å². The van der Waals surface area contributed by atoms with E-state index < -0.39 is 5.41 Å². The van der Waals surface area contributed by atoms with Crippen LogP contribution < -0.4 is 4.68 Å². The third-order valence-corrected chi connectivity index (χ3v) is 3.15. The molecule has 0 amide bonds. The van der Waals surface area contributed by atoms with Crippen molar-refractivity contribution >= 4 is 5.78 Å². The molecule has 78 valence electrons. The zero-order valence-electron chi connectivity index (χ0n) is 8.79. The number of ketones is 1. The summed E-state index contributed by atoms with van der Waals surface area (Å²) in [5, 5.41) is 12.4. The Kier molecular flexibility index (Phi) is 2.31. The number of hydrogen-bond donors (Lipinski definition) is 1. The summed E-state index contributed by atoms with van der Waals surface area (Å²) in [6.45, 7) is 0. The molecular weight excluding hydrogens is 190 g/mol. The zero-order chi connectivity index (χ0) is 10.9. The molecule has 15 heavy (non-hydrogen) atoms. The van der Waals surface area contributed by atoms with Crippen LogP contribution >= 0.6 is 0 Å². The van der Waals surface area contributed by atoms with Gasteiger partial charge in [0, 0.05) is 18.9 Å². The molecular formula is C11H14N3O+. The number of carbonyl (C=O) groups excluding carboxylic acids is 1. The number of nitrogens with zero attached hydrogens (tertiary/aromatic N) is 2. The highest BCUT2D eigenvalue weighted by Crippen LogP contribution is 2.36. The number of rotatable bonds is 1. The van der Waals surface area contributed by atoms with E-state index in [0.29, 0.717) is 25.7 Å². The molecule has 0 saturated heterocycles. The molecule has 0 radical (unpaired) electrons. The van der Waals surface area contributed by atoms with Gasteiger partial charge in [0.05, 0.1) is 11.8 Å². The number of carbonyl (C=O) groups is 1. The molecule has 0 aromatic carbocycles. The fourth-order valence-electron chi connectivity index (χ4n) is 2.11. The van der Waals surface area contributed by atoms with Gasteiger partial charge in [-0.1, -0.05) is 0 Å². The first-order valence-corrected chi connectivity index (χ1v) is 5.14. The molecule has 0 bridgehead atoms. The fourth-order valence-corrected chi connectivity index (χ4v) is 2.11. The third-order valence-electron chi connectivity index (χ3n) is 3.15. The quantitative estimate of drug-likeness (QED) is 0.686. The van der Waals surface area contributed by atoms with E-state index in [-0.39, 0.29) is 5.78 Å². The van der Waals surface area contributed by atoms with Crippen molar-refractivity contribution in [1.82, 2.24) is 5.10 Å². The van der Waals surface area contributed by atoms with Crippen LogP contribution in [0.15, 0.2) is 12.3 Å². The first kappa shape index (κ1) is 9.91. The Hall–Kier alpha value is -1.63. The number of nitrogens with one attached hydrogen (secondary N) is 1. The first-order chi connectivity index (χ1) is 7.16. The molecule has 1 saturated carbocycles. The second-order valence-electron chi connectivity index (χ2n) is 4.18. The van der Waals surface area contributed by atoms with Crippen molar-refractivity contribution in [1.29, 1.82) is 5.26 Å². The van der Waals surface area contributed by atoms with E-state index in [1.165, 1.54) is 0 Å². The Morgan fingerprint density at radius 1 is 1.53 bits per heavy atom. The maximum absolute atomic E-state index is 11.2. The Morgan fingerprint density at radius 3 is 2.67 bits per heavy atom. The summed E-state index contributed by atoms with van der Waals surface area (Å²) < 4.78 is 1.82. The van der Waals surface area contributed by atoms with E-state index in [9.17, 15) is 10.1 Å². The zero-order valence-corrected chi connectivity index (χ0v) is 8.79. The van der Waals surface area contributed by atoms with Gasteiger partial charge in [0.15, 0.2) is 13.2 Å². The lowest BCUT2D eigenvalue weighted by molar-refractivity contribution is -0.727. The van der Waals surface area contributed by atoms with Gasteiger partial charge >= 0.3 is 0 Å². The number of hydrogen-bond acceptors (Lipinski definition) is 2. The summed E-state index contributed by atoms with van der Waals surface area (Å²) in [6, 6.07) is 4.30. The van der Waals surface area contributed by atoms with Crippen molar-refractivity contribution in [2.75, 3.05) is 0 Å². The van der Waals surface area contributed by atoms with Crippen LogP contribution in [0.4, 0.5) is 0 Å². The largest absolute Gasteiger partial charge is 0.300 e. The minimum atomic E-state index is -0.477. The summed E-state index contributed by atoms with van der Waals surface area (Å²) in [5.74, 6) is 0.275. The molecule has 1 aromatic heterocycles. The Balaban J connectivity index is 2.31. The molecule has 0 spiro atoms. The van der Waals surface area contributed by atoms with Crippen LogP contribution in [0, 0.1) is 11.3 Å². The van der Waals surface area contributed by atoms with Crippen LogP contribution in [0.5, 0.6) is 0 Å². The molecule has 1 N–H and O–H groups in total. The number of aryl methyl sites for hydroxylation is 1. The highest BCUT2D eigenvalue weighted by Gasteiger charge is 2.39. The number of Topliss-reactive ketones (excluding diaryl/α,β-unsaturated/α-hetero) is 1. The van der Waals surface area contributed by atoms with Gasteiger partial charge in [-0.2, -0.15) is 10.4 Å². The van der Waals surface area contributed by atoms with Gasteiger partial charge in [-0.05, 0) is 12.8 Å². The van der Waals surface area contributed by atoms with Gasteiger partial charge in [0.2, 0.25) is 0 Å². The summed E-state index contributed by atoms with van der Waals surface area (Å²) in [5.41, 5.74) is 0.454. The van der Waals surface area contributed by atoms with Crippen molar-refractivity contribution in [3.63, 3.8) is 0 Å². The summed E-state index contributed by atoms with van der Waals surface area (Å²) >= 11 is 0. The van der Waals surface area contributed by atoms with Crippen LogP contribution in [0.2, 0.25) is 0 Å². The van der Waals surface area contributed by atoms with Gasteiger partial charge in [0.1, 0.15) is 11.2 Å². The van der Waals surface area contributed by atoms with Crippen molar-refractivity contribution in [3.8, 4) is 6.07 Å². The van der Waals surface area contributed by atoms with Crippen molar-refractivity contribution in [2.24, 2.45) is 7.05 Å². The maximum Gasteiger partial charge on any atom is 0.195 e. The van der Waals surface area contributed by atoms with E-state index in [2.05, 4.69) is 11.2 Å². The normalized spacial score (nSPS) is 19.9. The lowest BCUT2D eigenvalue weighted by Crippen LogP contribution is -2.35. The smallest absolute Gasteiger partial charge is 0.195 e. The SMILES string of the molecule is C[n+]1ccc(C2(C#N)CCC(=O)CC2)[nH]1. The van der Waals surface area contributed by atoms with E-state index in [1.54, 1.807) is 0 Å². The Morgan fingerprint density at radius 2 is 2.20 bits per heavy atom. The van der Waals surface area contributed by atoms with E-state index >= 15 is 0 Å². The monoisotopic (exact) mass is 204 g/mol. The number of nitriles is 1. The molecule has 1 aliphatic carbocycles. The maximum atomic E-state index is 11.2. The number of aromatic nitrogens is 2. The second-order valence-corrected chi connectivity index (χ2v) is 4.18. The summed E-state index contributed by atoms with van der Waals surface area (Å²) in [6.07, 6.45) is 4.23. The molecule has 4 heteroatoms. The minimum Gasteiger partial charge on any atom is -0.300 e. The highest BCUT2D eigenvalue weighted by atomic mass is 16.1. The molecule has 0 aliphatic heterocycles. The van der Waals surface area contributed by atoms with E-state index in [4.69, 9.17) is 0 Å². The standard InChI is InChI=1S/C11H13N3O/c1-14-7-4-10(13-14)11(8-12)5-2-9(15)3-6-11/h4,7H,2-3,5-6H2,1H3/p+1. The number of H-pyrrole nitrogens is 1. The van der Waals surface area contributed by atoms with Crippen molar-refractivity contribution < 1.29 is 9.48 Å². The van der Waals surface area contributed by atoms with Gasteiger partial charge in [-0.15, -0.1) is 4.68 Å². The molecule has 0 atom stereocenters. The lowest BCUT2D eigenvalue weighted by atomic mass is 9.72. The van der Waals surface area contributed by atoms with Crippen molar-refractivity contribution in [3.05, 3.63) is 18.0 Å². The molecule has 1 aromatic rings. The Labute approximate surface area is 88.5 Å². The molecule has 0 unspecified atom stereocenters. The third kappa shape index (κ3) is 1.65. The fraction of sp³-hybridized carbons (Fsp3) is 0.545.